The molecule has 0 saturated carbocycles. The zero-order valence-electron chi connectivity index (χ0n) is 16.5. The summed E-state index contributed by atoms with van der Waals surface area (Å²) in [7, 11) is 0. The molecule has 0 bridgehead atoms. The first-order valence-corrected chi connectivity index (χ1v) is 9.87. The summed E-state index contributed by atoms with van der Waals surface area (Å²) in [6.07, 6.45) is 2.96. The highest BCUT2D eigenvalue weighted by Gasteiger charge is 2.18. The van der Waals surface area contributed by atoms with Crippen LogP contribution in [0.2, 0.25) is 0 Å². The van der Waals surface area contributed by atoms with Crippen LogP contribution in [0.1, 0.15) is 41.3 Å². The first-order valence-electron chi connectivity index (χ1n) is 9.87. The average Bonchev–Trinajstić information content (AvgIpc) is 3.03. The fraction of sp³-hybridized carbons (Fsp3) is 0.208. The number of halogens is 3. The molecule has 3 aromatic carbocycles. The molecule has 0 atom stereocenters. The van der Waals surface area contributed by atoms with Gasteiger partial charge in [0.15, 0.2) is 11.6 Å². The van der Waals surface area contributed by atoms with Crippen LogP contribution in [-0.2, 0) is 13.0 Å². The van der Waals surface area contributed by atoms with Crippen molar-refractivity contribution in [2.45, 2.75) is 32.7 Å². The third-order valence-electron chi connectivity index (χ3n) is 5.46. The van der Waals surface area contributed by atoms with Gasteiger partial charge in [0.25, 0.3) is 0 Å². The van der Waals surface area contributed by atoms with Gasteiger partial charge in [0, 0.05) is 33.5 Å². The van der Waals surface area contributed by atoms with Crippen LogP contribution in [0.4, 0.5) is 13.2 Å². The summed E-state index contributed by atoms with van der Waals surface area (Å²) >= 11 is 0. The van der Waals surface area contributed by atoms with E-state index < -0.39 is 23.4 Å². The minimum atomic E-state index is -1.23. The Bertz CT molecular complexity index is 1280. The van der Waals surface area contributed by atoms with Crippen LogP contribution in [0, 0.1) is 17.5 Å². The largest absolute Gasteiger partial charge is 0.366 e. The number of fused-ring (bicyclic) bond motifs is 3. The smallest absolute Gasteiger partial charge is 0.249 e. The lowest BCUT2D eigenvalue weighted by atomic mass is 10.0. The second-order valence-corrected chi connectivity index (χ2v) is 7.46. The van der Waals surface area contributed by atoms with E-state index in [0.29, 0.717) is 22.5 Å². The van der Waals surface area contributed by atoms with Crippen molar-refractivity contribution < 1.29 is 18.0 Å². The molecule has 0 aliphatic carbocycles. The highest BCUT2D eigenvalue weighted by Crippen LogP contribution is 2.33. The van der Waals surface area contributed by atoms with Crippen LogP contribution in [0.25, 0.3) is 21.8 Å². The third-order valence-corrected chi connectivity index (χ3v) is 5.46. The van der Waals surface area contributed by atoms with Crippen LogP contribution < -0.4 is 5.73 Å². The SMILES string of the molecule is CCCCc1ccc2c3c(C(N)=O)cccc3n(Cc3cc(F)c(F)cc3F)c2c1. The number of hydrogen-bond acceptors (Lipinski definition) is 1. The van der Waals surface area contributed by atoms with Gasteiger partial charge in [0.2, 0.25) is 5.91 Å². The Balaban J connectivity index is 1.99. The highest BCUT2D eigenvalue weighted by molar-refractivity contribution is 6.18. The lowest BCUT2D eigenvalue weighted by Crippen LogP contribution is -2.11. The molecule has 0 radical (unpaired) electrons. The monoisotopic (exact) mass is 410 g/mol. The fourth-order valence-electron chi connectivity index (χ4n) is 3.96. The van der Waals surface area contributed by atoms with E-state index in [9.17, 15) is 18.0 Å². The van der Waals surface area contributed by atoms with Crippen LogP contribution >= 0.6 is 0 Å². The Morgan fingerprint density at radius 1 is 0.967 bits per heavy atom. The normalized spacial score (nSPS) is 11.5. The summed E-state index contributed by atoms with van der Waals surface area (Å²) in [5.41, 5.74) is 8.56. The number of carbonyl (C=O) groups excluding carboxylic acids is 1. The van der Waals surface area contributed by atoms with E-state index in [1.807, 2.05) is 28.8 Å². The summed E-state index contributed by atoms with van der Waals surface area (Å²) in [6.45, 7) is 2.10. The van der Waals surface area contributed by atoms with E-state index in [1.165, 1.54) is 0 Å². The summed E-state index contributed by atoms with van der Waals surface area (Å²) in [4.78, 5) is 12.0. The number of amides is 1. The molecule has 4 rings (SSSR count). The molecular formula is C24H21F3N2O. The number of carbonyl (C=O) groups is 1. The quantitative estimate of drug-likeness (QED) is 0.407. The number of aromatic nitrogens is 1. The summed E-state index contributed by atoms with van der Waals surface area (Å²) in [5.74, 6) is -3.71. The maximum absolute atomic E-state index is 14.4. The van der Waals surface area contributed by atoms with Crippen molar-refractivity contribution in [1.82, 2.24) is 4.57 Å². The Morgan fingerprint density at radius 2 is 1.73 bits per heavy atom. The number of nitrogens with two attached hydrogens (primary N) is 1. The van der Waals surface area contributed by atoms with E-state index in [1.54, 1.807) is 12.1 Å². The van der Waals surface area contributed by atoms with Crippen molar-refractivity contribution in [2.75, 3.05) is 0 Å². The average molecular weight is 410 g/mol. The van der Waals surface area contributed by atoms with E-state index in [0.717, 1.165) is 41.8 Å². The van der Waals surface area contributed by atoms with Gasteiger partial charge in [-0.2, -0.15) is 0 Å². The molecule has 0 spiro atoms. The van der Waals surface area contributed by atoms with Gasteiger partial charge >= 0.3 is 0 Å². The van der Waals surface area contributed by atoms with Crippen LogP contribution in [0.15, 0.2) is 48.5 Å². The molecule has 1 heterocycles. The standard InChI is InChI=1S/C24H21F3N2O/c1-2-3-5-14-8-9-16-22(10-14)29(13-15-11-19(26)20(27)12-18(15)25)21-7-4-6-17(23(16)21)24(28)30/h4,6-12H,2-3,5,13H2,1H3,(H2,28,30). The first kappa shape index (κ1) is 20.0. The number of hydrogen-bond donors (Lipinski definition) is 1. The van der Waals surface area contributed by atoms with Gasteiger partial charge in [0.1, 0.15) is 5.82 Å². The number of aryl methyl sites for hydroxylation is 1. The van der Waals surface area contributed by atoms with Crippen LogP contribution in [-0.4, -0.2) is 10.5 Å². The maximum Gasteiger partial charge on any atom is 0.249 e. The molecular weight excluding hydrogens is 389 g/mol. The molecule has 1 amide bonds. The summed E-state index contributed by atoms with van der Waals surface area (Å²) in [5, 5.41) is 1.48. The Hall–Kier alpha value is -3.28. The van der Waals surface area contributed by atoms with Gasteiger partial charge in [-0.15, -0.1) is 0 Å². The lowest BCUT2D eigenvalue weighted by molar-refractivity contribution is 0.100. The molecule has 6 heteroatoms. The van der Waals surface area contributed by atoms with E-state index in [4.69, 9.17) is 5.73 Å². The van der Waals surface area contributed by atoms with Gasteiger partial charge in [-0.05, 0) is 42.7 Å². The second-order valence-electron chi connectivity index (χ2n) is 7.46. The van der Waals surface area contributed by atoms with Crippen molar-refractivity contribution in [1.29, 1.82) is 0 Å². The van der Waals surface area contributed by atoms with E-state index >= 15 is 0 Å². The number of nitrogens with zero attached hydrogens (tertiary/aromatic N) is 1. The summed E-state index contributed by atoms with van der Waals surface area (Å²) < 4.78 is 43.4. The van der Waals surface area contributed by atoms with E-state index in [2.05, 4.69) is 6.92 Å². The Kier molecular flexibility index (Phi) is 5.24. The second kappa shape index (κ2) is 7.86. The van der Waals surface area contributed by atoms with Crippen molar-refractivity contribution in [3.05, 3.63) is 82.7 Å². The van der Waals surface area contributed by atoms with Crippen molar-refractivity contribution in [3.8, 4) is 0 Å². The maximum atomic E-state index is 14.4. The molecule has 0 aliphatic rings. The molecule has 2 N–H and O–H groups in total. The Morgan fingerprint density at radius 3 is 2.47 bits per heavy atom. The summed E-state index contributed by atoms with van der Waals surface area (Å²) in [6, 6.07) is 12.6. The fourth-order valence-corrected chi connectivity index (χ4v) is 3.96. The van der Waals surface area contributed by atoms with E-state index in [-0.39, 0.29) is 12.1 Å². The van der Waals surface area contributed by atoms with Gasteiger partial charge < -0.3 is 10.3 Å². The molecule has 1 aromatic heterocycles. The van der Waals surface area contributed by atoms with Crippen LogP contribution in [0.3, 0.4) is 0 Å². The van der Waals surface area contributed by atoms with Crippen LogP contribution in [0.5, 0.6) is 0 Å². The predicted molar refractivity (Wildman–Crippen MR) is 112 cm³/mol. The van der Waals surface area contributed by atoms with Crippen molar-refractivity contribution in [3.63, 3.8) is 0 Å². The zero-order chi connectivity index (χ0) is 21.4. The number of primary amides is 1. The predicted octanol–water partition coefficient (Wildman–Crippen LogP) is 5.70. The minimum Gasteiger partial charge on any atom is -0.366 e. The molecule has 30 heavy (non-hydrogen) atoms. The minimum absolute atomic E-state index is 0.0114. The molecule has 0 fully saturated rings. The number of rotatable bonds is 6. The molecule has 4 aromatic rings. The molecule has 0 unspecified atom stereocenters. The van der Waals surface area contributed by atoms with Crippen molar-refractivity contribution in [2.24, 2.45) is 5.73 Å². The number of benzene rings is 3. The lowest BCUT2D eigenvalue weighted by Gasteiger charge is -2.10. The first-order chi connectivity index (χ1) is 14.4. The van der Waals surface area contributed by atoms with Gasteiger partial charge in [-0.1, -0.05) is 31.5 Å². The molecule has 0 aliphatic heterocycles. The van der Waals surface area contributed by atoms with Gasteiger partial charge in [0.05, 0.1) is 12.1 Å². The topological polar surface area (TPSA) is 48.0 Å². The Labute approximate surface area is 171 Å². The molecule has 0 saturated heterocycles. The van der Waals surface area contributed by atoms with Gasteiger partial charge in [-0.3, -0.25) is 4.79 Å². The third kappa shape index (κ3) is 3.43. The number of unbranched alkanes of at least 4 members (excludes halogenated alkanes) is 1. The van der Waals surface area contributed by atoms with Crippen molar-refractivity contribution >= 4 is 27.7 Å². The highest BCUT2D eigenvalue weighted by atomic mass is 19.2. The zero-order valence-corrected chi connectivity index (χ0v) is 16.5. The molecule has 3 nitrogen and oxygen atoms in total. The van der Waals surface area contributed by atoms with Gasteiger partial charge in [-0.25, -0.2) is 13.2 Å². The molecule has 154 valence electrons.